The number of unbranched alkanes of at least 4 members (excludes halogenated alkanes) is 1. The summed E-state index contributed by atoms with van der Waals surface area (Å²) in [6.07, 6.45) is 4.36. The van der Waals surface area contributed by atoms with Gasteiger partial charge in [0.05, 0.1) is 5.69 Å². The Kier molecular flexibility index (Phi) is 2.42. The predicted octanol–water partition coefficient (Wildman–Crippen LogP) is 1.39. The van der Waals surface area contributed by atoms with Gasteiger partial charge in [-0.05, 0) is 13.3 Å². The van der Waals surface area contributed by atoms with Crippen LogP contribution in [0.5, 0.6) is 0 Å². The molecule has 3 nitrogen and oxygen atoms in total. The third kappa shape index (κ3) is 1.83. The van der Waals surface area contributed by atoms with Crippen LogP contribution in [0.1, 0.15) is 25.5 Å². The van der Waals surface area contributed by atoms with Gasteiger partial charge in [-0.2, -0.15) is 0 Å². The van der Waals surface area contributed by atoms with Crippen LogP contribution < -0.4 is 0 Å². The maximum atomic E-state index is 3.92. The van der Waals surface area contributed by atoms with E-state index in [0.717, 1.165) is 12.2 Å². The molecule has 0 radical (unpaired) electrons. The Morgan fingerprint density at radius 3 is 2.90 bits per heavy atom. The van der Waals surface area contributed by atoms with E-state index in [9.17, 15) is 0 Å². The first-order valence-electron chi connectivity index (χ1n) is 3.69. The molecule has 0 aliphatic rings. The lowest BCUT2D eigenvalue weighted by molar-refractivity contribution is 0.553. The van der Waals surface area contributed by atoms with Gasteiger partial charge in [0.1, 0.15) is 0 Å². The van der Waals surface area contributed by atoms with Crippen molar-refractivity contribution >= 4 is 0 Å². The highest BCUT2D eigenvalue weighted by Gasteiger charge is 1.92. The SMILES string of the molecule is CCCCn1cc(C)nn1. The Labute approximate surface area is 61.1 Å². The summed E-state index contributed by atoms with van der Waals surface area (Å²) in [6.45, 7) is 5.12. The number of hydrogen-bond acceptors (Lipinski definition) is 2. The minimum absolute atomic E-state index is 0.996. The number of aromatic nitrogens is 3. The average Bonchev–Trinajstić information content (AvgIpc) is 2.31. The maximum Gasteiger partial charge on any atom is 0.0796 e. The second kappa shape index (κ2) is 3.34. The van der Waals surface area contributed by atoms with Crippen LogP contribution in [0.15, 0.2) is 6.20 Å². The van der Waals surface area contributed by atoms with E-state index in [-0.39, 0.29) is 0 Å². The summed E-state index contributed by atoms with van der Waals surface area (Å²) in [5.41, 5.74) is 0.996. The molecule has 10 heavy (non-hydrogen) atoms. The third-order valence-corrected chi connectivity index (χ3v) is 1.39. The van der Waals surface area contributed by atoms with Crippen molar-refractivity contribution in [2.24, 2.45) is 0 Å². The van der Waals surface area contributed by atoms with Crippen LogP contribution in [0.3, 0.4) is 0 Å². The molecule has 1 heterocycles. The molecule has 3 heteroatoms. The molecule has 0 bridgehead atoms. The van der Waals surface area contributed by atoms with Crippen molar-refractivity contribution in [2.75, 3.05) is 0 Å². The molecule has 0 atom stereocenters. The zero-order chi connectivity index (χ0) is 7.40. The maximum absolute atomic E-state index is 3.92. The minimum atomic E-state index is 0.996. The van der Waals surface area contributed by atoms with E-state index in [1.54, 1.807) is 0 Å². The molecular weight excluding hydrogens is 126 g/mol. The van der Waals surface area contributed by atoms with Gasteiger partial charge in [-0.15, -0.1) is 5.10 Å². The summed E-state index contributed by atoms with van der Waals surface area (Å²) in [4.78, 5) is 0. The quantitative estimate of drug-likeness (QED) is 0.633. The molecule has 0 unspecified atom stereocenters. The molecule has 0 N–H and O–H groups in total. The van der Waals surface area contributed by atoms with E-state index >= 15 is 0 Å². The van der Waals surface area contributed by atoms with Crippen LogP contribution in [0.2, 0.25) is 0 Å². The Morgan fingerprint density at radius 2 is 2.40 bits per heavy atom. The van der Waals surface area contributed by atoms with Crippen molar-refractivity contribution in [1.29, 1.82) is 0 Å². The van der Waals surface area contributed by atoms with Crippen molar-refractivity contribution in [2.45, 2.75) is 33.2 Å². The lowest BCUT2D eigenvalue weighted by Gasteiger charge is -1.94. The highest BCUT2D eigenvalue weighted by atomic mass is 15.4. The van der Waals surface area contributed by atoms with Gasteiger partial charge >= 0.3 is 0 Å². The number of rotatable bonds is 3. The molecule has 0 saturated carbocycles. The fourth-order valence-corrected chi connectivity index (χ4v) is 0.825. The van der Waals surface area contributed by atoms with Gasteiger partial charge in [0, 0.05) is 12.7 Å². The van der Waals surface area contributed by atoms with E-state index in [4.69, 9.17) is 0 Å². The van der Waals surface area contributed by atoms with Crippen molar-refractivity contribution in [3.63, 3.8) is 0 Å². The predicted molar refractivity (Wildman–Crippen MR) is 39.7 cm³/mol. The highest BCUT2D eigenvalue weighted by molar-refractivity contribution is 4.86. The summed E-state index contributed by atoms with van der Waals surface area (Å²) in [6, 6.07) is 0. The molecule has 1 rings (SSSR count). The van der Waals surface area contributed by atoms with Gasteiger partial charge in [0.25, 0.3) is 0 Å². The van der Waals surface area contributed by atoms with Crippen LogP contribution in [0, 0.1) is 6.92 Å². The third-order valence-electron chi connectivity index (χ3n) is 1.39. The standard InChI is InChI=1S/C7H13N3/c1-3-4-5-10-6-7(2)8-9-10/h6H,3-5H2,1-2H3. The van der Waals surface area contributed by atoms with Crippen LogP contribution in [-0.2, 0) is 6.54 Å². The van der Waals surface area contributed by atoms with Crippen LogP contribution >= 0.6 is 0 Å². The van der Waals surface area contributed by atoms with E-state index in [2.05, 4.69) is 17.2 Å². The first-order valence-corrected chi connectivity index (χ1v) is 3.69. The van der Waals surface area contributed by atoms with E-state index in [0.29, 0.717) is 0 Å². The van der Waals surface area contributed by atoms with Crippen LogP contribution in [0.25, 0.3) is 0 Å². The van der Waals surface area contributed by atoms with Crippen molar-refractivity contribution < 1.29 is 0 Å². The molecule has 0 aliphatic carbocycles. The summed E-state index contributed by atoms with van der Waals surface area (Å²) >= 11 is 0. The Hall–Kier alpha value is -0.860. The van der Waals surface area contributed by atoms with Crippen molar-refractivity contribution in [1.82, 2.24) is 15.0 Å². The van der Waals surface area contributed by atoms with E-state index in [1.807, 2.05) is 17.8 Å². The van der Waals surface area contributed by atoms with Crippen molar-refractivity contribution in [3.05, 3.63) is 11.9 Å². The number of hydrogen-bond donors (Lipinski definition) is 0. The second-order valence-corrected chi connectivity index (χ2v) is 2.48. The molecule has 0 saturated heterocycles. The van der Waals surface area contributed by atoms with Crippen LogP contribution in [0.4, 0.5) is 0 Å². The lowest BCUT2D eigenvalue weighted by Crippen LogP contribution is -1.97. The zero-order valence-electron chi connectivity index (χ0n) is 6.54. The fourth-order valence-electron chi connectivity index (χ4n) is 0.825. The minimum Gasteiger partial charge on any atom is -0.252 e. The van der Waals surface area contributed by atoms with Gasteiger partial charge in [-0.1, -0.05) is 18.6 Å². The van der Waals surface area contributed by atoms with Gasteiger partial charge in [0.2, 0.25) is 0 Å². The topological polar surface area (TPSA) is 30.7 Å². The molecule has 0 spiro atoms. The summed E-state index contributed by atoms with van der Waals surface area (Å²) in [7, 11) is 0. The van der Waals surface area contributed by atoms with E-state index < -0.39 is 0 Å². The number of nitrogens with zero attached hydrogens (tertiary/aromatic N) is 3. The van der Waals surface area contributed by atoms with Gasteiger partial charge in [-0.3, -0.25) is 4.68 Å². The monoisotopic (exact) mass is 139 g/mol. The Balaban J connectivity index is 2.42. The fraction of sp³-hybridized carbons (Fsp3) is 0.714. The second-order valence-electron chi connectivity index (χ2n) is 2.48. The van der Waals surface area contributed by atoms with Crippen molar-refractivity contribution in [3.8, 4) is 0 Å². The van der Waals surface area contributed by atoms with Gasteiger partial charge < -0.3 is 0 Å². The largest absolute Gasteiger partial charge is 0.252 e. The van der Waals surface area contributed by atoms with Crippen LogP contribution in [-0.4, -0.2) is 15.0 Å². The first kappa shape index (κ1) is 7.25. The molecule has 0 aliphatic heterocycles. The number of aryl methyl sites for hydroxylation is 2. The Morgan fingerprint density at radius 1 is 1.60 bits per heavy atom. The Bertz CT molecular complexity index is 192. The molecule has 1 aromatic heterocycles. The zero-order valence-corrected chi connectivity index (χ0v) is 6.54. The first-order chi connectivity index (χ1) is 4.83. The summed E-state index contributed by atoms with van der Waals surface area (Å²) in [5.74, 6) is 0. The molecule has 0 amide bonds. The molecule has 56 valence electrons. The molecule has 1 aromatic rings. The average molecular weight is 139 g/mol. The molecule has 0 aromatic carbocycles. The summed E-state index contributed by atoms with van der Waals surface area (Å²) in [5, 5.41) is 7.80. The van der Waals surface area contributed by atoms with E-state index in [1.165, 1.54) is 12.8 Å². The smallest absolute Gasteiger partial charge is 0.0796 e. The molecule has 0 fully saturated rings. The van der Waals surface area contributed by atoms with Gasteiger partial charge in [-0.25, -0.2) is 0 Å². The normalized spacial score (nSPS) is 10.2. The van der Waals surface area contributed by atoms with Gasteiger partial charge in [0.15, 0.2) is 0 Å². The highest BCUT2D eigenvalue weighted by Crippen LogP contribution is 1.93. The lowest BCUT2D eigenvalue weighted by atomic mass is 10.3. The summed E-state index contributed by atoms with van der Waals surface area (Å²) < 4.78 is 1.89. The molecular formula is C7H13N3.